The van der Waals surface area contributed by atoms with Gasteiger partial charge in [0.15, 0.2) is 0 Å². The Balaban J connectivity index is 2.03. The van der Waals surface area contributed by atoms with Gasteiger partial charge in [-0.2, -0.15) is 0 Å². The van der Waals surface area contributed by atoms with Gasteiger partial charge in [-0.05, 0) is 37.1 Å². The third kappa shape index (κ3) is 4.92. The Morgan fingerprint density at radius 1 is 1.28 bits per heavy atom. The van der Waals surface area contributed by atoms with Gasteiger partial charge in [-0.15, -0.1) is 0 Å². The minimum absolute atomic E-state index is 0.0222. The highest BCUT2D eigenvalue weighted by Crippen LogP contribution is 2.28. The molecule has 2 aromatic carbocycles. The van der Waals surface area contributed by atoms with Gasteiger partial charge in [0.25, 0.3) is 5.69 Å². The van der Waals surface area contributed by atoms with Crippen LogP contribution in [0.25, 0.3) is 0 Å². The number of anilines is 1. The number of nitrogens with one attached hydrogen (secondary N) is 2. The third-order valence-electron chi connectivity index (χ3n) is 3.71. The van der Waals surface area contributed by atoms with Gasteiger partial charge in [-0.25, -0.2) is 0 Å². The molecule has 2 rings (SSSR count). The molecule has 0 bridgehead atoms. The van der Waals surface area contributed by atoms with E-state index in [1.807, 2.05) is 6.92 Å². The molecular weight excluding hydrogens is 365 g/mol. The summed E-state index contributed by atoms with van der Waals surface area (Å²) >= 11 is 12.0. The lowest BCUT2D eigenvalue weighted by atomic mass is 10.1. The van der Waals surface area contributed by atoms with Crippen molar-refractivity contribution in [2.45, 2.75) is 19.9 Å². The number of para-hydroxylation sites is 1. The van der Waals surface area contributed by atoms with Gasteiger partial charge >= 0.3 is 0 Å². The number of hydrogen-bond donors (Lipinski definition) is 2. The zero-order valence-corrected chi connectivity index (χ0v) is 15.2. The molecular formula is C17H17Cl2N3O3. The summed E-state index contributed by atoms with van der Waals surface area (Å²) in [4.78, 5) is 22.7. The molecule has 6 nitrogen and oxygen atoms in total. The lowest BCUT2D eigenvalue weighted by Crippen LogP contribution is -2.30. The van der Waals surface area contributed by atoms with E-state index in [-0.39, 0.29) is 29.9 Å². The molecule has 2 aromatic rings. The molecule has 2 N–H and O–H groups in total. The molecule has 1 atom stereocenters. The topological polar surface area (TPSA) is 84.3 Å². The Hall–Kier alpha value is -2.15. The van der Waals surface area contributed by atoms with E-state index in [4.69, 9.17) is 23.2 Å². The quantitative estimate of drug-likeness (QED) is 0.569. The van der Waals surface area contributed by atoms with E-state index < -0.39 is 4.92 Å². The monoisotopic (exact) mass is 381 g/mol. The number of halogens is 2. The maximum absolute atomic E-state index is 12.2. The number of rotatable bonds is 6. The van der Waals surface area contributed by atoms with Crippen LogP contribution in [0.3, 0.4) is 0 Å². The fourth-order valence-electron chi connectivity index (χ4n) is 2.36. The fourth-order valence-corrected chi connectivity index (χ4v) is 2.93. The Labute approximate surface area is 155 Å². The maximum Gasteiger partial charge on any atom is 0.293 e. The van der Waals surface area contributed by atoms with Gasteiger partial charge in [0.2, 0.25) is 5.91 Å². The van der Waals surface area contributed by atoms with Crippen LogP contribution in [0, 0.1) is 17.0 Å². The average Bonchev–Trinajstić information content (AvgIpc) is 2.54. The van der Waals surface area contributed by atoms with Crippen LogP contribution in [-0.2, 0) is 4.79 Å². The normalized spacial score (nSPS) is 11.8. The number of nitro benzene ring substituents is 1. The van der Waals surface area contributed by atoms with E-state index in [2.05, 4.69) is 10.6 Å². The van der Waals surface area contributed by atoms with Crippen molar-refractivity contribution >= 4 is 40.5 Å². The first-order chi connectivity index (χ1) is 11.8. The first-order valence-corrected chi connectivity index (χ1v) is 8.27. The van der Waals surface area contributed by atoms with Crippen LogP contribution in [0.2, 0.25) is 10.0 Å². The largest absolute Gasteiger partial charge is 0.319 e. The van der Waals surface area contributed by atoms with Crippen molar-refractivity contribution < 1.29 is 9.72 Å². The van der Waals surface area contributed by atoms with E-state index in [1.165, 1.54) is 6.07 Å². The molecule has 0 aliphatic rings. The SMILES string of the molecule is Cc1cccc([N+](=O)[O-])c1NC(=O)CN[C@H](C)c1ccc(Cl)cc1Cl. The number of nitrogens with zero attached hydrogens (tertiary/aromatic N) is 1. The van der Waals surface area contributed by atoms with Crippen LogP contribution >= 0.6 is 23.2 Å². The Kier molecular flexibility index (Phi) is 6.36. The molecule has 25 heavy (non-hydrogen) atoms. The molecule has 0 saturated heterocycles. The molecule has 132 valence electrons. The van der Waals surface area contributed by atoms with Gasteiger partial charge < -0.3 is 10.6 Å². The lowest BCUT2D eigenvalue weighted by molar-refractivity contribution is -0.384. The number of benzene rings is 2. The van der Waals surface area contributed by atoms with Crippen LogP contribution in [0.1, 0.15) is 24.1 Å². The molecule has 0 heterocycles. The number of nitro groups is 1. The van der Waals surface area contributed by atoms with Crippen LogP contribution in [0.15, 0.2) is 36.4 Å². The summed E-state index contributed by atoms with van der Waals surface area (Å²) in [6, 6.07) is 9.57. The zero-order chi connectivity index (χ0) is 18.6. The first kappa shape index (κ1) is 19.2. The first-order valence-electron chi connectivity index (χ1n) is 7.51. The Bertz CT molecular complexity index is 812. The highest BCUT2D eigenvalue weighted by atomic mass is 35.5. The molecule has 1 amide bonds. The highest BCUT2D eigenvalue weighted by molar-refractivity contribution is 6.35. The molecule has 0 fully saturated rings. The standard InChI is InChI=1S/C17H17Cl2N3O3/c1-10-4-3-5-15(22(24)25)17(10)21-16(23)9-20-11(2)13-7-6-12(18)8-14(13)19/h3-8,11,20H,9H2,1-2H3,(H,21,23)/t11-/m1/s1. The van der Waals surface area contributed by atoms with E-state index >= 15 is 0 Å². The number of aryl methyl sites for hydroxylation is 1. The molecule has 0 spiro atoms. The van der Waals surface area contributed by atoms with Crippen molar-refractivity contribution in [3.05, 3.63) is 67.7 Å². The van der Waals surface area contributed by atoms with Crippen molar-refractivity contribution in [2.75, 3.05) is 11.9 Å². The van der Waals surface area contributed by atoms with Gasteiger partial charge in [-0.3, -0.25) is 14.9 Å². The zero-order valence-electron chi connectivity index (χ0n) is 13.7. The Morgan fingerprint density at radius 2 is 2.00 bits per heavy atom. The fraction of sp³-hybridized carbons (Fsp3) is 0.235. The number of carbonyl (C=O) groups is 1. The van der Waals surface area contributed by atoms with Crippen molar-refractivity contribution in [3.8, 4) is 0 Å². The van der Waals surface area contributed by atoms with E-state index in [0.717, 1.165) is 5.56 Å². The van der Waals surface area contributed by atoms with Crippen molar-refractivity contribution in [1.29, 1.82) is 0 Å². The second-order valence-corrected chi connectivity index (χ2v) is 6.39. The third-order valence-corrected chi connectivity index (χ3v) is 4.27. The van der Waals surface area contributed by atoms with Crippen molar-refractivity contribution in [1.82, 2.24) is 5.32 Å². The summed E-state index contributed by atoms with van der Waals surface area (Å²) in [6.07, 6.45) is 0. The summed E-state index contributed by atoms with van der Waals surface area (Å²) in [5, 5.41) is 17.8. The second kappa shape index (κ2) is 8.29. The predicted octanol–water partition coefficient (Wildman–Crippen LogP) is 4.50. The van der Waals surface area contributed by atoms with Crippen molar-refractivity contribution in [3.63, 3.8) is 0 Å². The average molecular weight is 382 g/mol. The Morgan fingerprint density at radius 3 is 2.64 bits per heavy atom. The molecule has 0 aromatic heterocycles. The summed E-state index contributed by atoms with van der Waals surface area (Å²) in [6.45, 7) is 3.54. The predicted molar refractivity (Wildman–Crippen MR) is 99.3 cm³/mol. The van der Waals surface area contributed by atoms with Gasteiger partial charge in [0.05, 0.1) is 11.5 Å². The molecule has 0 saturated carbocycles. The minimum Gasteiger partial charge on any atom is -0.319 e. The number of carbonyl (C=O) groups excluding carboxylic acids is 1. The molecule has 0 aliphatic carbocycles. The summed E-state index contributed by atoms with van der Waals surface area (Å²) in [5.74, 6) is -0.380. The van der Waals surface area contributed by atoms with Gasteiger partial charge in [-0.1, -0.05) is 41.4 Å². The molecule has 0 radical (unpaired) electrons. The van der Waals surface area contributed by atoms with Crippen LogP contribution < -0.4 is 10.6 Å². The molecule has 8 heteroatoms. The summed E-state index contributed by atoms with van der Waals surface area (Å²) in [5.41, 5.74) is 1.50. The smallest absolute Gasteiger partial charge is 0.293 e. The van der Waals surface area contributed by atoms with E-state index in [0.29, 0.717) is 15.6 Å². The maximum atomic E-state index is 12.2. The number of amides is 1. The van der Waals surface area contributed by atoms with E-state index in [9.17, 15) is 14.9 Å². The van der Waals surface area contributed by atoms with E-state index in [1.54, 1.807) is 37.3 Å². The lowest BCUT2D eigenvalue weighted by Gasteiger charge is -2.16. The van der Waals surface area contributed by atoms with Gasteiger partial charge in [0, 0.05) is 22.2 Å². The minimum atomic E-state index is -0.522. The molecule has 0 aliphatic heterocycles. The number of hydrogen-bond acceptors (Lipinski definition) is 4. The second-order valence-electron chi connectivity index (χ2n) is 5.54. The van der Waals surface area contributed by atoms with Crippen molar-refractivity contribution in [2.24, 2.45) is 0 Å². The molecule has 0 unspecified atom stereocenters. The summed E-state index contributed by atoms with van der Waals surface area (Å²) < 4.78 is 0. The summed E-state index contributed by atoms with van der Waals surface area (Å²) in [7, 11) is 0. The van der Waals surface area contributed by atoms with Crippen LogP contribution in [-0.4, -0.2) is 17.4 Å². The van der Waals surface area contributed by atoms with Crippen LogP contribution in [0.5, 0.6) is 0 Å². The highest BCUT2D eigenvalue weighted by Gasteiger charge is 2.18. The van der Waals surface area contributed by atoms with Gasteiger partial charge in [0.1, 0.15) is 5.69 Å². The van der Waals surface area contributed by atoms with Crippen LogP contribution in [0.4, 0.5) is 11.4 Å².